The van der Waals surface area contributed by atoms with Gasteiger partial charge in [0.25, 0.3) is 0 Å². The second kappa shape index (κ2) is 5.06. The van der Waals surface area contributed by atoms with Crippen LogP contribution in [0.1, 0.15) is 19.8 Å². The number of hydrogen-bond acceptors (Lipinski definition) is 4. The summed E-state index contributed by atoms with van der Waals surface area (Å²) in [5.74, 6) is 0.00904. The fourth-order valence-electron chi connectivity index (χ4n) is 2.20. The fraction of sp³-hybridized carbons (Fsp3) is 0.500. The summed E-state index contributed by atoms with van der Waals surface area (Å²) in [7, 11) is -3.29. The van der Waals surface area contributed by atoms with E-state index in [0.29, 0.717) is 30.8 Å². The van der Waals surface area contributed by atoms with E-state index in [4.69, 9.17) is 0 Å². The molecule has 0 atom stereocenters. The molecule has 0 bridgehead atoms. The Morgan fingerprint density at radius 2 is 1.83 bits per heavy atom. The highest BCUT2D eigenvalue weighted by atomic mass is 32.2. The topological polar surface area (TPSA) is 67.3 Å². The number of carbonyl (C=O) groups excluding carboxylic acids is 1. The Bertz CT molecular complexity index is 520. The molecule has 0 radical (unpaired) electrons. The third-order valence-corrected chi connectivity index (χ3v) is 5.58. The average Bonchev–Trinajstić information content (AvgIpc) is 2.40. The second-order valence-corrected chi connectivity index (χ2v) is 6.66. The van der Waals surface area contributed by atoms with E-state index in [-0.39, 0.29) is 5.91 Å². The van der Waals surface area contributed by atoms with E-state index in [2.05, 4.69) is 4.98 Å². The standard InChI is InChI=1S/C12H16N2O3S/c1-10(15)14-8-4-12(5-9-14)18(16,17)11-2-6-13-7-3-11/h2-3,6-7,12H,4-5,8-9H2,1H3. The molecule has 2 heterocycles. The molecule has 0 aromatic carbocycles. The highest BCUT2D eigenvalue weighted by Crippen LogP contribution is 2.24. The van der Waals surface area contributed by atoms with Gasteiger partial charge in [-0.05, 0) is 25.0 Å². The van der Waals surface area contributed by atoms with E-state index in [1.807, 2.05) is 0 Å². The summed E-state index contributed by atoms with van der Waals surface area (Å²) < 4.78 is 24.7. The van der Waals surface area contributed by atoms with Crippen molar-refractivity contribution in [2.75, 3.05) is 13.1 Å². The Morgan fingerprint density at radius 1 is 1.28 bits per heavy atom. The zero-order chi connectivity index (χ0) is 13.2. The van der Waals surface area contributed by atoms with Gasteiger partial charge in [0.1, 0.15) is 0 Å². The predicted molar refractivity (Wildman–Crippen MR) is 66.7 cm³/mol. The number of sulfone groups is 1. The molecule has 0 N–H and O–H groups in total. The highest BCUT2D eigenvalue weighted by molar-refractivity contribution is 7.92. The Hall–Kier alpha value is -1.43. The van der Waals surface area contributed by atoms with E-state index < -0.39 is 15.1 Å². The Balaban J connectivity index is 2.12. The van der Waals surface area contributed by atoms with Gasteiger partial charge in [0.15, 0.2) is 9.84 Å². The molecule has 5 nitrogen and oxygen atoms in total. The van der Waals surface area contributed by atoms with Gasteiger partial charge in [-0.25, -0.2) is 8.42 Å². The monoisotopic (exact) mass is 268 g/mol. The summed E-state index contributed by atoms with van der Waals surface area (Å²) in [6.45, 7) is 2.55. The maximum Gasteiger partial charge on any atom is 0.219 e. The van der Waals surface area contributed by atoms with Crippen molar-refractivity contribution >= 4 is 15.7 Å². The molecular formula is C12H16N2O3S. The zero-order valence-electron chi connectivity index (χ0n) is 10.2. The molecular weight excluding hydrogens is 252 g/mol. The van der Waals surface area contributed by atoms with Gasteiger partial charge >= 0.3 is 0 Å². The van der Waals surface area contributed by atoms with Crippen LogP contribution in [0.2, 0.25) is 0 Å². The number of carbonyl (C=O) groups is 1. The first-order valence-corrected chi connectivity index (χ1v) is 7.46. The van der Waals surface area contributed by atoms with Crippen LogP contribution < -0.4 is 0 Å². The fourth-order valence-corrected chi connectivity index (χ4v) is 3.92. The first-order chi connectivity index (χ1) is 8.51. The molecule has 1 aromatic rings. The summed E-state index contributed by atoms with van der Waals surface area (Å²) >= 11 is 0. The lowest BCUT2D eigenvalue weighted by Gasteiger charge is -2.30. The predicted octanol–water partition coefficient (Wildman–Crippen LogP) is 0.866. The van der Waals surface area contributed by atoms with Crippen molar-refractivity contribution in [1.29, 1.82) is 0 Å². The molecule has 0 saturated carbocycles. The minimum atomic E-state index is -3.29. The molecule has 1 aliphatic rings. The van der Waals surface area contributed by atoms with Gasteiger partial charge in [-0.15, -0.1) is 0 Å². The summed E-state index contributed by atoms with van der Waals surface area (Å²) in [6, 6.07) is 3.04. The third kappa shape index (κ3) is 2.53. The van der Waals surface area contributed by atoms with Gasteiger partial charge in [0.2, 0.25) is 5.91 Å². The van der Waals surface area contributed by atoms with Crippen molar-refractivity contribution in [2.24, 2.45) is 0 Å². The number of pyridine rings is 1. The van der Waals surface area contributed by atoms with Crippen LogP contribution in [0.4, 0.5) is 0 Å². The summed E-state index contributed by atoms with van der Waals surface area (Å²) in [4.78, 5) is 17.0. The molecule has 1 aliphatic heterocycles. The average molecular weight is 268 g/mol. The lowest BCUT2D eigenvalue weighted by atomic mass is 10.1. The molecule has 2 rings (SSSR count). The highest BCUT2D eigenvalue weighted by Gasteiger charge is 2.31. The van der Waals surface area contributed by atoms with Gasteiger partial charge in [-0.3, -0.25) is 9.78 Å². The van der Waals surface area contributed by atoms with Gasteiger partial charge in [-0.2, -0.15) is 0 Å². The number of hydrogen-bond donors (Lipinski definition) is 0. The van der Waals surface area contributed by atoms with Crippen molar-refractivity contribution in [2.45, 2.75) is 29.9 Å². The normalized spacial score (nSPS) is 17.7. The summed E-state index contributed by atoms with van der Waals surface area (Å²) in [6.07, 6.45) is 3.98. The van der Waals surface area contributed by atoms with Crippen LogP contribution in [-0.4, -0.2) is 42.5 Å². The van der Waals surface area contributed by atoms with E-state index in [1.165, 1.54) is 31.5 Å². The van der Waals surface area contributed by atoms with Gasteiger partial charge < -0.3 is 4.90 Å². The van der Waals surface area contributed by atoms with Crippen molar-refractivity contribution in [3.63, 3.8) is 0 Å². The minimum absolute atomic E-state index is 0.00904. The Kier molecular flexibility index (Phi) is 3.65. The Labute approximate surface area is 107 Å². The lowest BCUT2D eigenvalue weighted by Crippen LogP contribution is -2.41. The first kappa shape index (κ1) is 13.0. The lowest BCUT2D eigenvalue weighted by molar-refractivity contribution is -0.129. The summed E-state index contributed by atoms with van der Waals surface area (Å²) in [5, 5.41) is -0.393. The minimum Gasteiger partial charge on any atom is -0.343 e. The number of rotatable bonds is 2. The number of amides is 1. The molecule has 1 amide bonds. The Morgan fingerprint density at radius 3 is 2.33 bits per heavy atom. The van der Waals surface area contributed by atoms with E-state index in [1.54, 1.807) is 4.90 Å². The third-order valence-electron chi connectivity index (χ3n) is 3.30. The van der Waals surface area contributed by atoms with Gasteiger partial charge in [0, 0.05) is 32.4 Å². The van der Waals surface area contributed by atoms with Gasteiger partial charge in [-0.1, -0.05) is 0 Å². The van der Waals surface area contributed by atoms with Crippen LogP contribution in [0.3, 0.4) is 0 Å². The number of piperidine rings is 1. The molecule has 0 spiro atoms. The van der Waals surface area contributed by atoms with Gasteiger partial charge in [0.05, 0.1) is 10.1 Å². The van der Waals surface area contributed by atoms with Crippen molar-refractivity contribution < 1.29 is 13.2 Å². The van der Waals surface area contributed by atoms with Crippen LogP contribution >= 0.6 is 0 Å². The van der Waals surface area contributed by atoms with Crippen LogP contribution in [0.25, 0.3) is 0 Å². The van der Waals surface area contributed by atoms with Crippen LogP contribution in [0, 0.1) is 0 Å². The molecule has 0 unspecified atom stereocenters. The van der Waals surface area contributed by atoms with E-state index in [9.17, 15) is 13.2 Å². The number of nitrogens with zero attached hydrogens (tertiary/aromatic N) is 2. The van der Waals surface area contributed by atoms with Crippen molar-refractivity contribution in [3.05, 3.63) is 24.5 Å². The van der Waals surface area contributed by atoms with E-state index >= 15 is 0 Å². The molecule has 6 heteroatoms. The molecule has 1 fully saturated rings. The van der Waals surface area contributed by atoms with Crippen LogP contribution in [0.5, 0.6) is 0 Å². The van der Waals surface area contributed by atoms with E-state index in [0.717, 1.165) is 0 Å². The molecule has 1 aromatic heterocycles. The number of aromatic nitrogens is 1. The first-order valence-electron chi connectivity index (χ1n) is 5.91. The summed E-state index contributed by atoms with van der Waals surface area (Å²) in [5.41, 5.74) is 0. The molecule has 98 valence electrons. The van der Waals surface area contributed by atoms with Crippen molar-refractivity contribution in [3.8, 4) is 0 Å². The smallest absolute Gasteiger partial charge is 0.219 e. The largest absolute Gasteiger partial charge is 0.343 e. The second-order valence-electron chi connectivity index (χ2n) is 4.43. The molecule has 18 heavy (non-hydrogen) atoms. The SMILES string of the molecule is CC(=O)N1CCC(S(=O)(=O)c2ccncc2)CC1. The van der Waals surface area contributed by atoms with Crippen LogP contribution in [0.15, 0.2) is 29.4 Å². The maximum absolute atomic E-state index is 12.3. The molecule has 0 aliphatic carbocycles. The quantitative estimate of drug-likeness (QED) is 0.798. The van der Waals surface area contributed by atoms with Crippen molar-refractivity contribution in [1.82, 2.24) is 9.88 Å². The van der Waals surface area contributed by atoms with Crippen LogP contribution in [-0.2, 0) is 14.6 Å². The zero-order valence-corrected chi connectivity index (χ0v) is 11.1. The molecule has 1 saturated heterocycles. The maximum atomic E-state index is 12.3. The number of likely N-dealkylation sites (tertiary alicyclic amines) is 1.